The molecule has 0 saturated heterocycles. The molecule has 9 rings (SSSR count). The molecular weight excluding hydrogens is 697 g/mol. The van der Waals surface area contributed by atoms with Crippen molar-refractivity contribution >= 4 is 12.3 Å². The minimum atomic E-state index is -2.10. The van der Waals surface area contributed by atoms with Gasteiger partial charge in [-0.05, 0) is 118 Å². The molecule has 306 valence electrons. The maximum atomic E-state index is 14.2. The van der Waals surface area contributed by atoms with E-state index in [1.165, 1.54) is 25.7 Å². The average Bonchev–Trinajstić information content (AvgIpc) is 3.89. The Hall–Kier alpha value is -1.66. The molecule has 15 atom stereocenters. The number of aliphatic hydroxyl groups is 5. The topological polar surface area (TPSA) is 169 Å². The van der Waals surface area contributed by atoms with Crippen LogP contribution in [0.25, 0.3) is 0 Å². The predicted octanol–water partition coefficient (Wildman–Crippen LogP) is 3.97. The number of nitrogens with one attached hydrogen (secondary N) is 2. The number of fused-ring (bicyclic) bond motifs is 8. The van der Waals surface area contributed by atoms with Crippen molar-refractivity contribution in [2.75, 3.05) is 26.7 Å². The Morgan fingerprint density at radius 2 is 1.64 bits per heavy atom. The molecule has 0 spiro atoms. The van der Waals surface area contributed by atoms with Gasteiger partial charge in [-0.25, -0.2) is 4.79 Å². The summed E-state index contributed by atoms with van der Waals surface area (Å²) in [6, 6.07) is 0. The van der Waals surface area contributed by atoms with Crippen LogP contribution in [0.4, 0.5) is 0 Å². The SMILES string of the molecule is CNCCNCC1=C[C@@H]2C[C@]3(O)[C@]4(O)[C@H](O)[C@H]5C[C@@H]([C@@H](C)C6CCCC6)CC[C@H]6[C@@H](O)CC[C@](C=O)([C@H]4CC[C@]3(C3CCCCC3)[C@H]2C2=CC(=O)O[C@@H]12)[C@]56O. The number of hydrogen-bond acceptors (Lipinski definition) is 10. The van der Waals surface area contributed by atoms with Crippen molar-refractivity contribution in [1.82, 2.24) is 10.6 Å². The number of aliphatic hydroxyl groups excluding tert-OH is 2. The van der Waals surface area contributed by atoms with Crippen LogP contribution in [0.15, 0.2) is 23.3 Å². The Labute approximate surface area is 327 Å². The minimum Gasteiger partial charge on any atom is -0.450 e. The lowest BCUT2D eigenvalue weighted by Crippen LogP contribution is -2.85. The maximum Gasteiger partial charge on any atom is 0.331 e. The maximum absolute atomic E-state index is 14.2. The first-order chi connectivity index (χ1) is 26.4. The average molecular weight is 765 g/mol. The van der Waals surface area contributed by atoms with E-state index in [1.54, 1.807) is 6.08 Å². The zero-order valence-electron chi connectivity index (χ0n) is 33.3. The van der Waals surface area contributed by atoms with E-state index in [2.05, 4.69) is 23.6 Å². The number of rotatable bonds is 9. The number of carbonyl (C=O) groups is 2. The minimum absolute atomic E-state index is 0.0394. The highest BCUT2D eigenvalue weighted by molar-refractivity contribution is 5.87. The summed E-state index contributed by atoms with van der Waals surface area (Å²) in [5.41, 5.74) is -6.10. The van der Waals surface area contributed by atoms with Crippen molar-refractivity contribution in [3.63, 3.8) is 0 Å². The Morgan fingerprint density at radius 3 is 2.36 bits per heavy atom. The molecule has 0 amide bonds. The van der Waals surface area contributed by atoms with Crippen LogP contribution in [0.5, 0.6) is 0 Å². The van der Waals surface area contributed by atoms with Crippen LogP contribution in [-0.4, -0.2) is 99.6 Å². The molecule has 0 radical (unpaired) electrons. The van der Waals surface area contributed by atoms with Crippen molar-refractivity contribution < 1.29 is 39.9 Å². The van der Waals surface area contributed by atoms with E-state index < -0.39 is 63.7 Å². The number of allylic oxidation sites excluding steroid dienone is 1. The monoisotopic (exact) mass is 764 g/mol. The summed E-state index contributed by atoms with van der Waals surface area (Å²) in [7, 11) is 1.91. The molecule has 1 aliphatic heterocycles. The summed E-state index contributed by atoms with van der Waals surface area (Å²) in [5, 5.41) is 73.3. The first-order valence-electron chi connectivity index (χ1n) is 22.4. The van der Waals surface area contributed by atoms with E-state index >= 15 is 0 Å². The van der Waals surface area contributed by atoms with Gasteiger partial charge in [0.1, 0.15) is 23.6 Å². The van der Waals surface area contributed by atoms with Gasteiger partial charge in [-0.1, -0.05) is 57.9 Å². The first-order valence-corrected chi connectivity index (χ1v) is 22.4. The van der Waals surface area contributed by atoms with Crippen LogP contribution >= 0.6 is 0 Å². The van der Waals surface area contributed by atoms with Gasteiger partial charge >= 0.3 is 5.97 Å². The lowest BCUT2D eigenvalue weighted by Gasteiger charge is -2.74. The van der Waals surface area contributed by atoms with Gasteiger partial charge in [0, 0.05) is 48.9 Å². The van der Waals surface area contributed by atoms with E-state index in [0.29, 0.717) is 50.5 Å². The highest BCUT2D eigenvalue weighted by Gasteiger charge is 2.85. The lowest BCUT2D eigenvalue weighted by atomic mass is 9.34. The van der Waals surface area contributed by atoms with Crippen LogP contribution in [0.1, 0.15) is 116 Å². The molecule has 1 heterocycles. The number of esters is 1. The van der Waals surface area contributed by atoms with Gasteiger partial charge in [0.25, 0.3) is 0 Å². The molecule has 0 aromatic rings. The van der Waals surface area contributed by atoms with Crippen molar-refractivity contribution in [3.8, 4) is 0 Å². The second kappa shape index (κ2) is 14.0. The second-order valence-electron chi connectivity index (χ2n) is 20.2. The van der Waals surface area contributed by atoms with Crippen LogP contribution in [0.2, 0.25) is 0 Å². The van der Waals surface area contributed by atoms with Crippen LogP contribution in [0.3, 0.4) is 0 Å². The molecule has 10 heteroatoms. The number of likely N-dealkylation sites (N-methyl/N-ethyl adjacent to an activating group) is 1. The third kappa shape index (κ3) is 5.10. The fourth-order valence-electron chi connectivity index (χ4n) is 16.4. The van der Waals surface area contributed by atoms with Crippen LogP contribution < -0.4 is 10.6 Å². The molecule has 0 bridgehead atoms. The zero-order valence-corrected chi connectivity index (χ0v) is 33.3. The third-order valence-corrected chi connectivity index (χ3v) is 18.6. The van der Waals surface area contributed by atoms with E-state index in [-0.39, 0.29) is 42.5 Å². The van der Waals surface area contributed by atoms with Crippen LogP contribution in [0, 0.1) is 64.1 Å². The third-order valence-electron chi connectivity index (χ3n) is 18.6. The Bertz CT molecular complexity index is 1570. The Kier molecular flexibility index (Phi) is 9.87. The summed E-state index contributed by atoms with van der Waals surface area (Å²) < 4.78 is 6.06. The normalized spacial score (nSPS) is 50.0. The van der Waals surface area contributed by atoms with Crippen LogP contribution in [-0.2, 0) is 14.3 Å². The number of carbonyl (C=O) groups excluding carboxylic acids is 2. The lowest BCUT2D eigenvalue weighted by molar-refractivity contribution is -0.379. The van der Waals surface area contributed by atoms with E-state index in [0.717, 1.165) is 69.0 Å². The smallest absolute Gasteiger partial charge is 0.331 e. The van der Waals surface area contributed by atoms with E-state index in [4.69, 9.17) is 4.74 Å². The summed E-state index contributed by atoms with van der Waals surface area (Å²) >= 11 is 0. The van der Waals surface area contributed by atoms with Crippen molar-refractivity contribution in [3.05, 3.63) is 23.3 Å². The second-order valence-corrected chi connectivity index (χ2v) is 20.2. The molecular formula is C45H68N2O8. The van der Waals surface area contributed by atoms with Gasteiger partial charge in [-0.2, -0.15) is 0 Å². The standard InChI is InChI=1S/C45H68N2O8/c1-26(27-8-6-7-9-27)28-12-13-33-35(49)14-16-41(25-48)36-15-17-42(31-10-4-3-5-11-31)38-29(20-30(24-47-19-18-46-2)39-32(38)22-37(50)55-39)23-43(42,52)45(36,54)40(51)34(21-28)44(33,41)53/h20,22,25-29,31,33-36,38-40,46-47,49,51-54H,3-19,21,23-24H2,1-2H3/t26-,28-,29+,33-,34+,35-,36+,38+,39-,40+,41-,42-,43+,44+,45+/m0/s1. The zero-order chi connectivity index (χ0) is 38.5. The van der Waals surface area contributed by atoms with Crippen molar-refractivity contribution in [2.24, 2.45) is 64.1 Å². The first kappa shape index (κ1) is 38.8. The summed E-state index contributed by atoms with van der Waals surface area (Å²) in [4.78, 5) is 27.3. The highest BCUT2D eigenvalue weighted by atomic mass is 16.5. The molecule has 55 heavy (non-hydrogen) atoms. The van der Waals surface area contributed by atoms with Gasteiger partial charge in [0.05, 0.1) is 23.2 Å². The summed E-state index contributed by atoms with van der Waals surface area (Å²) in [6.45, 7) is 4.36. The molecule has 0 unspecified atom stereocenters. The number of aldehydes is 1. The largest absolute Gasteiger partial charge is 0.450 e. The molecule has 7 fully saturated rings. The van der Waals surface area contributed by atoms with E-state index in [9.17, 15) is 35.1 Å². The fraction of sp³-hybridized carbons (Fsp3) is 0.867. The van der Waals surface area contributed by atoms with Gasteiger partial charge in [-0.15, -0.1) is 0 Å². The van der Waals surface area contributed by atoms with Crippen molar-refractivity contribution in [1.29, 1.82) is 0 Å². The van der Waals surface area contributed by atoms with Gasteiger partial charge < -0.3 is 45.7 Å². The quantitative estimate of drug-likeness (QED) is 0.0791. The summed E-state index contributed by atoms with van der Waals surface area (Å²) in [6.07, 6.45) is 15.0. The Morgan fingerprint density at radius 1 is 0.891 bits per heavy atom. The number of hydrogen-bond donors (Lipinski definition) is 7. The fourth-order valence-corrected chi connectivity index (χ4v) is 16.4. The molecule has 0 aromatic heterocycles. The molecule has 9 aliphatic rings. The van der Waals surface area contributed by atoms with Gasteiger partial charge in [0.2, 0.25) is 0 Å². The van der Waals surface area contributed by atoms with Gasteiger partial charge in [0.15, 0.2) is 0 Å². The molecule has 0 aromatic carbocycles. The predicted molar refractivity (Wildman–Crippen MR) is 206 cm³/mol. The molecule has 8 aliphatic carbocycles. The summed E-state index contributed by atoms with van der Waals surface area (Å²) in [5.74, 6) is -2.16. The van der Waals surface area contributed by atoms with Crippen molar-refractivity contribution in [2.45, 2.75) is 151 Å². The molecule has 7 saturated carbocycles. The Balaban J connectivity index is 1.20. The molecule has 10 nitrogen and oxygen atoms in total. The molecule has 7 N–H and O–H groups in total. The van der Waals surface area contributed by atoms with E-state index in [1.807, 2.05) is 7.05 Å². The number of ether oxygens (including phenoxy) is 1. The van der Waals surface area contributed by atoms with Gasteiger partial charge in [-0.3, -0.25) is 0 Å². The highest BCUT2D eigenvalue weighted by Crippen LogP contribution is 2.78.